The van der Waals surface area contributed by atoms with Gasteiger partial charge in [-0.05, 0) is 37.6 Å². The van der Waals surface area contributed by atoms with Gasteiger partial charge in [0.15, 0.2) is 11.7 Å². The summed E-state index contributed by atoms with van der Waals surface area (Å²) in [6.45, 7) is 4.60. The van der Waals surface area contributed by atoms with Gasteiger partial charge in [-0.1, -0.05) is 12.1 Å². The molecule has 0 fully saturated rings. The van der Waals surface area contributed by atoms with E-state index >= 15 is 0 Å². The van der Waals surface area contributed by atoms with Crippen LogP contribution in [0.25, 0.3) is 5.69 Å². The molecule has 3 aromatic rings. The first-order valence-corrected chi connectivity index (χ1v) is 9.91. The van der Waals surface area contributed by atoms with Crippen LogP contribution in [-0.2, 0) is 12.7 Å². The summed E-state index contributed by atoms with van der Waals surface area (Å²) in [5.41, 5.74) is 1.08. The first-order valence-electron chi connectivity index (χ1n) is 9.03. The van der Waals surface area contributed by atoms with E-state index in [1.807, 2.05) is 50.4 Å². The maximum Gasteiger partial charge on any atom is 0.434 e. The highest BCUT2D eigenvalue weighted by Crippen LogP contribution is 2.30. The average Bonchev–Trinajstić information content (AvgIpc) is 3.38. The fourth-order valence-corrected chi connectivity index (χ4v) is 3.35. The van der Waals surface area contributed by atoms with Crippen LogP contribution in [0.1, 0.15) is 36.2 Å². The number of nitrogens with one attached hydrogen (secondary N) is 2. The average molecular weight is 550 g/mol. The summed E-state index contributed by atoms with van der Waals surface area (Å²) in [6, 6.07) is 9.69. The van der Waals surface area contributed by atoms with Gasteiger partial charge in [-0.3, -0.25) is 0 Å². The van der Waals surface area contributed by atoms with Crippen LogP contribution in [0.5, 0.6) is 0 Å². The van der Waals surface area contributed by atoms with Gasteiger partial charge >= 0.3 is 6.18 Å². The number of nitrogens with zero attached hydrogens (tertiary/aromatic N) is 4. The van der Waals surface area contributed by atoms with Gasteiger partial charge in [-0.25, -0.2) is 14.7 Å². The number of aliphatic imine (C=N–C) groups is 1. The quantitative estimate of drug-likeness (QED) is 0.264. The van der Waals surface area contributed by atoms with Crippen molar-refractivity contribution in [2.45, 2.75) is 32.6 Å². The van der Waals surface area contributed by atoms with Crippen molar-refractivity contribution >= 4 is 41.3 Å². The van der Waals surface area contributed by atoms with Crippen LogP contribution in [0.15, 0.2) is 53.1 Å². The second-order valence-corrected chi connectivity index (χ2v) is 7.17. The lowest BCUT2D eigenvalue weighted by Gasteiger charge is -2.18. The van der Waals surface area contributed by atoms with Crippen molar-refractivity contribution in [1.29, 1.82) is 0 Å². The molecule has 2 aromatic heterocycles. The number of thiazole rings is 1. The summed E-state index contributed by atoms with van der Waals surface area (Å²) in [5.74, 6) is 0.508. The van der Waals surface area contributed by atoms with E-state index in [9.17, 15) is 13.2 Å². The van der Waals surface area contributed by atoms with Crippen molar-refractivity contribution in [2.24, 2.45) is 4.99 Å². The highest BCUT2D eigenvalue weighted by Gasteiger charge is 2.33. The molecule has 0 aliphatic rings. The lowest BCUT2D eigenvalue weighted by molar-refractivity contribution is -0.140. The zero-order valence-electron chi connectivity index (χ0n) is 16.3. The van der Waals surface area contributed by atoms with Gasteiger partial charge in [0.25, 0.3) is 0 Å². The molecule has 0 radical (unpaired) electrons. The van der Waals surface area contributed by atoms with Crippen molar-refractivity contribution in [3.05, 3.63) is 64.4 Å². The first kappa shape index (κ1) is 24.1. The fraction of sp³-hybridized carbons (Fsp3) is 0.316. The topological polar surface area (TPSA) is 67.1 Å². The lowest BCUT2D eigenvalue weighted by Crippen LogP contribution is -2.38. The standard InChI is InChI=1S/C19H21F3N6S.HI/c1-3-23-18(24-11-17-27-16(12-29-17)19(20,21)22)26-13(2)14-6-4-7-15(10-14)28-9-5-8-25-28;/h4-10,12-13H,3,11H2,1-2H3,(H2,23,24,26);1H. The molecule has 0 bridgehead atoms. The van der Waals surface area contributed by atoms with E-state index in [1.54, 1.807) is 10.9 Å². The largest absolute Gasteiger partial charge is 0.434 e. The molecule has 0 amide bonds. The van der Waals surface area contributed by atoms with Gasteiger partial charge in [0.2, 0.25) is 0 Å². The number of alkyl halides is 3. The minimum atomic E-state index is -4.44. The molecule has 0 saturated heterocycles. The van der Waals surface area contributed by atoms with Crippen LogP contribution in [0.4, 0.5) is 13.2 Å². The van der Waals surface area contributed by atoms with E-state index < -0.39 is 11.9 Å². The second-order valence-electron chi connectivity index (χ2n) is 6.23. The fourth-order valence-electron chi connectivity index (χ4n) is 2.63. The monoisotopic (exact) mass is 550 g/mol. The van der Waals surface area contributed by atoms with Crippen LogP contribution in [-0.4, -0.2) is 27.3 Å². The van der Waals surface area contributed by atoms with E-state index in [-0.39, 0.29) is 36.6 Å². The van der Waals surface area contributed by atoms with Crippen molar-refractivity contribution in [1.82, 2.24) is 25.4 Å². The highest BCUT2D eigenvalue weighted by molar-refractivity contribution is 14.0. The van der Waals surface area contributed by atoms with Crippen molar-refractivity contribution in [3.8, 4) is 5.69 Å². The maximum absolute atomic E-state index is 12.7. The number of benzene rings is 1. The Morgan fingerprint density at radius 1 is 1.30 bits per heavy atom. The number of rotatable bonds is 6. The number of hydrogen-bond donors (Lipinski definition) is 2. The van der Waals surface area contributed by atoms with Crippen LogP contribution in [0, 0.1) is 0 Å². The Hall–Kier alpha value is -2.15. The minimum absolute atomic E-state index is 0. The summed E-state index contributed by atoms with van der Waals surface area (Å²) in [7, 11) is 0. The minimum Gasteiger partial charge on any atom is -0.357 e. The van der Waals surface area contributed by atoms with Crippen molar-refractivity contribution in [3.63, 3.8) is 0 Å². The molecule has 0 aliphatic heterocycles. The van der Waals surface area contributed by atoms with E-state index in [4.69, 9.17) is 0 Å². The third-order valence-corrected chi connectivity index (χ3v) is 4.88. The number of guanidine groups is 1. The molecule has 0 spiro atoms. The SMILES string of the molecule is CCNC(=NCc1nc(C(F)(F)F)cs1)NC(C)c1cccc(-n2cccn2)c1.I. The highest BCUT2D eigenvalue weighted by atomic mass is 127. The predicted octanol–water partition coefficient (Wildman–Crippen LogP) is 4.78. The summed E-state index contributed by atoms with van der Waals surface area (Å²) in [6.07, 6.45) is -0.853. The normalized spacial score (nSPS) is 12.9. The number of hydrogen-bond acceptors (Lipinski definition) is 4. The van der Waals surface area contributed by atoms with Crippen LogP contribution in [0.3, 0.4) is 0 Å². The molecule has 0 saturated carbocycles. The van der Waals surface area contributed by atoms with Gasteiger partial charge in [-0.15, -0.1) is 35.3 Å². The Morgan fingerprint density at radius 3 is 2.73 bits per heavy atom. The zero-order chi connectivity index (χ0) is 20.9. The molecular formula is C19H22F3IN6S. The van der Waals surface area contributed by atoms with Crippen LogP contribution < -0.4 is 10.6 Å². The van der Waals surface area contributed by atoms with Crippen LogP contribution in [0.2, 0.25) is 0 Å². The predicted molar refractivity (Wildman–Crippen MR) is 122 cm³/mol. The summed E-state index contributed by atoms with van der Waals surface area (Å²) in [4.78, 5) is 7.99. The first-order chi connectivity index (χ1) is 13.9. The van der Waals surface area contributed by atoms with Crippen molar-refractivity contribution < 1.29 is 13.2 Å². The van der Waals surface area contributed by atoms with E-state index in [0.29, 0.717) is 17.5 Å². The Bertz CT molecular complexity index is 955. The Morgan fingerprint density at radius 2 is 2.10 bits per heavy atom. The Balaban J connectivity index is 0.00000320. The van der Waals surface area contributed by atoms with Crippen molar-refractivity contribution in [2.75, 3.05) is 6.54 Å². The van der Waals surface area contributed by atoms with Gasteiger partial charge in [-0.2, -0.15) is 18.3 Å². The molecule has 1 aromatic carbocycles. The van der Waals surface area contributed by atoms with E-state index in [0.717, 1.165) is 28.0 Å². The second kappa shape index (κ2) is 10.8. The third-order valence-electron chi connectivity index (χ3n) is 4.05. The molecule has 1 unspecified atom stereocenters. The Kier molecular flexibility index (Phi) is 8.65. The molecule has 162 valence electrons. The molecule has 11 heteroatoms. The van der Waals surface area contributed by atoms with Gasteiger partial charge < -0.3 is 10.6 Å². The molecule has 6 nitrogen and oxygen atoms in total. The molecule has 30 heavy (non-hydrogen) atoms. The molecule has 0 aliphatic carbocycles. The van der Waals surface area contributed by atoms with E-state index in [1.165, 1.54) is 0 Å². The Labute approximate surface area is 193 Å². The number of halogens is 4. The summed E-state index contributed by atoms with van der Waals surface area (Å²) < 4.78 is 39.9. The zero-order valence-corrected chi connectivity index (χ0v) is 19.5. The lowest BCUT2D eigenvalue weighted by atomic mass is 10.1. The van der Waals surface area contributed by atoms with Crippen LogP contribution >= 0.6 is 35.3 Å². The van der Waals surface area contributed by atoms with Gasteiger partial charge in [0.1, 0.15) is 5.01 Å². The smallest absolute Gasteiger partial charge is 0.357 e. The molecule has 2 heterocycles. The number of aromatic nitrogens is 3. The summed E-state index contributed by atoms with van der Waals surface area (Å²) >= 11 is 0.949. The third kappa shape index (κ3) is 6.42. The van der Waals surface area contributed by atoms with Gasteiger partial charge in [0, 0.05) is 24.3 Å². The summed E-state index contributed by atoms with van der Waals surface area (Å²) in [5, 5.41) is 11.9. The molecule has 2 N–H and O–H groups in total. The maximum atomic E-state index is 12.7. The van der Waals surface area contributed by atoms with E-state index in [2.05, 4.69) is 25.7 Å². The molecule has 3 rings (SSSR count). The molecule has 1 atom stereocenters. The molecular weight excluding hydrogens is 528 g/mol. The van der Waals surface area contributed by atoms with Gasteiger partial charge in [0.05, 0.1) is 18.3 Å².